The summed E-state index contributed by atoms with van der Waals surface area (Å²) in [5.41, 5.74) is 13.7. The van der Waals surface area contributed by atoms with Crippen LogP contribution in [0.25, 0.3) is 22.8 Å². The smallest absolute Gasteiger partial charge is 1.00 e. The van der Waals surface area contributed by atoms with E-state index in [0.717, 1.165) is 0 Å². The number of fused-ring (bicyclic) bond motifs is 2. The van der Waals surface area contributed by atoms with Crippen LogP contribution in [0.1, 0.15) is 95.9 Å². The van der Waals surface area contributed by atoms with E-state index in [1.807, 2.05) is 0 Å². The molecular weight excluding hydrogens is 635 g/mol. The summed E-state index contributed by atoms with van der Waals surface area (Å²) in [5, 5.41) is 0. The molecule has 216 valence electrons. The van der Waals surface area contributed by atoms with Gasteiger partial charge < -0.3 is 24.8 Å². The maximum absolute atomic E-state index is 2.78. The van der Waals surface area contributed by atoms with Crippen LogP contribution < -0.4 is 24.8 Å². The zero-order chi connectivity index (χ0) is 27.9. The second kappa shape index (κ2) is 14.1. The molecule has 0 saturated heterocycles. The maximum atomic E-state index is 2.78. The molecule has 0 saturated carbocycles. The second-order valence-electron chi connectivity index (χ2n) is 13.2. The minimum Gasteiger partial charge on any atom is -1.00 e. The van der Waals surface area contributed by atoms with Gasteiger partial charge in [-0.1, -0.05) is 0 Å². The maximum Gasteiger partial charge on any atom is -1.00 e. The molecular formula is C37H46Cl2SiZr. The van der Waals surface area contributed by atoms with Crippen molar-refractivity contribution in [2.45, 2.75) is 86.6 Å². The minimum absolute atomic E-state index is 0. The summed E-state index contributed by atoms with van der Waals surface area (Å²) >= 11 is -2.05. The molecule has 2 unspecified atom stereocenters. The van der Waals surface area contributed by atoms with Gasteiger partial charge in [0.05, 0.1) is 0 Å². The van der Waals surface area contributed by atoms with Gasteiger partial charge in [-0.05, 0) is 0 Å². The molecule has 2 aliphatic rings. The van der Waals surface area contributed by atoms with Crippen molar-refractivity contribution in [1.82, 2.24) is 0 Å². The van der Waals surface area contributed by atoms with E-state index < -0.39 is 25.8 Å². The topological polar surface area (TPSA) is 0 Å². The Labute approximate surface area is 270 Å². The number of hydrogen-bond acceptors (Lipinski definition) is 0. The average molecular weight is 681 g/mol. The van der Waals surface area contributed by atoms with Crippen molar-refractivity contribution in [3.8, 4) is 11.1 Å². The molecule has 0 bridgehead atoms. The molecule has 3 aromatic rings. The SMILES string of the molecule is CCCCC1=C[CH]([Zr+2]([CH]2C(C(C)C)=Cc3c(-c4ccc(C(C)(C)C)cc4)cccc32)=[Si](C)C)c2ccccc21.[Cl-].[Cl-]. The Kier molecular flexibility index (Phi) is 11.8. The molecule has 0 aliphatic heterocycles. The standard InChI is InChI=1S/C22H25.C13H15.C2H6Si.2ClH.Zr/c1-15(2)18-13-17-7-6-8-20(21(17)14-18)16-9-11-19(12-10-16)22(3,4)5;1-2-3-6-11-9-10-12-7-4-5-8-13(11)12;1-3-2;;;/h6-15H,1-5H3;4-5,7-10H,2-3,6H2,1H3;1-2H3;2*1H;/q;;;;;+2/p-2. The third kappa shape index (κ3) is 6.82. The van der Waals surface area contributed by atoms with Crippen molar-refractivity contribution in [1.29, 1.82) is 0 Å². The van der Waals surface area contributed by atoms with Crippen LogP contribution in [0.5, 0.6) is 0 Å². The van der Waals surface area contributed by atoms with Crippen LogP contribution in [0, 0.1) is 5.92 Å². The minimum atomic E-state index is -2.05. The number of unbranched alkanes of at least 4 members (excludes halogenated alkanes) is 1. The number of allylic oxidation sites excluding steroid dienone is 3. The Balaban J connectivity index is 0.00000231. The van der Waals surface area contributed by atoms with Gasteiger partial charge in [0.15, 0.2) is 0 Å². The number of hydrogen-bond donors (Lipinski definition) is 0. The molecule has 0 heterocycles. The second-order valence-corrected chi connectivity index (χ2v) is 31.2. The fraction of sp³-hybridized carbons (Fsp3) is 0.405. The van der Waals surface area contributed by atoms with Gasteiger partial charge in [-0.3, -0.25) is 0 Å². The molecule has 5 rings (SSSR count). The molecule has 41 heavy (non-hydrogen) atoms. The van der Waals surface area contributed by atoms with Crippen molar-refractivity contribution in [3.05, 3.63) is 106 Å². The van der Waals surface area contributed by atoms with Crippen LogP contribution in [0.2, 0.25) is 13.1 Å². The Bertz CT molecular complexity index is 1470. The number of benzene rings is 3. The first kappa shape index (κ1) is 34.3. The summed E-state index contributed by atoms with van der Waals surface area (Å²) in [6.45, 7) is 19.4. The van der Waals surface area contributed by atoms with Crippen molar-refractivity contribution in [3.63, 3.8) is 0 Å². The first-order chi connectivity index (χ1) is 18.6. The summed E-state index contributed by atoms with van der Waals surface area (Å²) in [6, 6.07) is 26.0. The van der Waals surface area contributed by atoms with Crippen molar-refractivity contribution in [2.75, 3.05) is 0 Å². The van der Waals surface area contributed by atoms with Crippen LogP contribution in [0.4, 0.5) is 0 Å². The van der Waals surface area contributed by atoms with E-state index in [1.54, 1.807) is 27.8 Å². The first-order valence-electron chi connectivity index (χ1n) is 15.0. The van der Waals surface area contributed by atoms with E-state index in [2.05, 4.69) is 134 Å². The molecule has 3 aromatic carbocycles. The molecule has 2 atom stereocenters. The van der Waals surface area contributed by atoms with E-state index in [4.69, 9.17) is 0 Å². The normalized spacial score (nSPS) is 17.0. The molecule has 0 radical (unpaired) electrons. The molecule has 0 spiro atoms. The van der Waals surface area contributed by atoms with Crippen LogP contribution in [0.3, 0.4) is 0 Å². The summed E-state index contributed by atoms with van der Waals surface area (Å²) in [7, 11) is 0. The Morgan fingerprint density at radius 1 is 0.829 bits per heavy atom. The molecule has 0 amide bonds. The van der Waals surface area contributed by atoms with Crippen molar-refractivity contribution < 1.29 is 45.2 Å². The third-order valence-corrected chi connectivity index (χ3v) is 28.0. The summed E-state index contributed by atoms with van der Waals surface area (Å²) in [4.78, 5) is 0. The molecule has 0 N–H and O–H groups in total. The van der Waals surface area contributed by atoms with E-state index in [9.17, 15) is 0 Å². The van der Waals surface area contributed by atoms with Crippen molar-refractivity contribution >= 4 is 17.1 Å². The zero-order valence-electron chi connectivity index (χ0n) is 26.1. The average Bonchev–Trinajstić information content (AvgIpc) is 3.46. The van der Waals surface area contributed by atoms with Gasteiger partial charge in [-0.15, -0.1) is 0 Å². The Morgan fingerprint density at radius 2 is 1.46 bits per heavy atom. The van der Waals surface area contributed by atoms with Gasteiger partial charge in [0.2, 0.25) is 0 Å². The fourth-order valence-corrected chi connectivity index (χ4v) is 26.7. The summed E-state index contributed by atoms with van der Waals surface area (Å²) < 4.78 is 1.38. The monoisotopic (exact) mass is 678 g/mol. The quantitative estimate of drug-likeness (QED) is 0.310. The van der Waals surface area contributed by atoms with Gasteiger partial charge in [-0.25, -0.2) is 0 Å². The van der Waals surface area contributed by atoms with Gasteiger partial charge in [-0.2, -0.15) is 0 Å². The van der Waals surface area contributed by atoms with E-state index in [0.29, 0.717) is 13.2 Å². The number of rotatable bonds is 7. The predicted octanol–water partition coefficient (Wildman–Crippen LogP) is 4.95. The van der Waals surface area contributed by atoms with E-state index >= 15 is 0 Å². The molecule has 0 aromatic heterocycles. The fourth-order valence-electron chi connectivity index (χ4n) is 6.74. The molecule has 2 aliphatic carbocycles. The van der Waals surface area contributed by atoms with Crippen LogP contribution in [-0.2, 0) is 25.8 Å². The summed E-state index contributed by atoms with van der Waals surface area (Å²) in [5.74, 6) is 0.579. The van der Waals surface area contributed by atoms with E-state index in [1.165, 1.54) is 41.5 Å². The van der Waals surface area contributed by atoms with Crippen LogP contribution >= 0.6 is 0 Å². The summed E-state index contributed by atoms with van der Waals surface area (Å²) in [6.07, 6.45) is 9.20. The first-order valence-corrected chi connectivity index (χ1v) is 24.1. The largest absolute Gasteiger partial charge is 1.00 e. The van der Waals surface area contributed by atoms with Gasteiger partial charge in [0.1, 0.15) is 0 Å². The van der Waals surface area contributed by atoms with Crippen LogP contribution in [-0.4, -0.2) is 5.43 Å². The van der Waals surface area contributed by atoms with E-state index in [-0.39, 0.29) is 30.2 Å². The molecule has 4 heteroatoms. The van der Waals surface area contributed by atoms with Crippen LogP contribution in [0.15, 0.2) is 78.4 Å². The third-order valence-electron chi connectivity index (χ3n) is 8.86. The van der Waals surface area contributed by atoms with Gasteiger partial charge >= 0.3 is 247 Å². The molecule has 0 fully saturated rings. The van der Waals surface area contributed by atoms with Gasteiger partial charge in [0, 0.05) is 0 Å². The zero-order valence-corrected chi connectivity index (χ0v) is 31.1. The Hall–Kier alpha value is -1.18. The number of halogens is 2. The van der Waals surface area contributed by atoms with Gasteiger partial charge in [0.25, 0.3) is 0 Å². The molecule has 0 nitrogen and oxygen atoms in total. The van der Waals surface area contributed by atoms with Crippen molar-refractivity contribution in [2.24, 2.45) is 5.92 Å². The predicted molar refractivity (Wildman–Crippen MR) is 170 cm³/mol. The Morgan fingerprint density at radius 3 is 2.07 bits per heavy atom.